The van der Waals surface area contributed by atoms with Crippen molar-refractivity contribution < 1.29 is 4.79 Å². The van der Waals surface area contributed by atoms with E-state index in [1.165, 1.54) is 31.5 Å². The summed E-state index contributed by atoms with van der Waals surface area (Å²) in [6.45, 7) is 5.31. The largest absolute Gasteiger partial charge is 0.325 e. The topological polar surface area (TPSA) is 58.4 Å². The molecule has 4 nitrogen and oxygen atoms in total. The Morgan fingerprint density at radius 2 is 1.95 bits per heavy atom. The lowest BCUT2D eigenvalue weighted by Gasteiger charge is -2.15. The second kappa shape index (κ2) is 6.68. The zero-order valence-electron chi connectivity index (χ0n) is 11.6. The summed E-state index contributed by atoms with van der Waals surface area (Å²) in [7, 11) is 0. The van der Waals surface area contributed by atoms with E-state index in [2.05, 4.69) is 22.3 Å². The van der Waals surface area contributed by atoms with Crippen molar-refractivity contribution in [3.63, 3.8) is 0 Å². The van der Waals surface area contributed by atoms with Gasteiger partial charge < -0.3 is 11.1 Å². The number of rotatable bonds is 5. The maximum atomic E-state index is 11.7. The molecule has 1 amide bonds. The van der Waals surface area contributed by atoms with Gasteiger partial charge in [-0.05, 0) is 50.0 Å². The third-order valence-corrected chi connectivity index (χ3v) is 3.60. The van der Waals surface area contributed by atoms with Crippen LogP contribution in [0.2, 0.25) is 0 Å². The van der Waals surface area contributed by atoms with E-state index in [0.717, 1.165) is 12.2 Å². The van der Waals surface area contributed by atoms with Gasteiger partial charge in [0.2, 0.25) is 5.91 Å². The molecule has 1 aromatic rings. The minimum atomic E-state index is -0.427. The molecule has 4 heteroatoms. The van der Waals surface area contributed by atoms with Gasteiger partial charge in [0, 0.05) is 12.2 Å². The molecule has 3 N–H and O–H groups in total. The number of hydrogen-bond acceptors (Lipinski definition) is 3. The Morgan fingerprint density at radius 1 is 1.32 bits per heavy atom. The highest BCUT2D eigenvalue weighted by molar-refractivity contribution is 5.94. The van der Waals surface area contributed by atoms with Crippen molar-refractivity contribution in [1.82, 2.24) is 4.90 Å². The lowest BCUT2D eigenvalue weighted by Crippen LogP contribution is -2.34. The number of carbonyl (C=O) groups is 1. The monoisotopic (exact) mass is 261 g/mol. The molecular formula is C15H23N3O. The number of benzene rings is 1. The van der Waals surface area contributed by atoms with Crippen LogP contribution in [0.5, 0.6) is 0 Å². The van der Waals surface area contributed by atoms with E-state index < -0.39 is 6.04 Å². The van der Waals surface area contributed by atoms with Crippen LogP contribution in [0.4, 0.5) is 5.69 Å². The summed E-state index contributed by atoms with van der Waals surface area (Å²) in [5.41, 5.74) is 7.79. The summed E-state index contributed by atoms with van der Waals surface area (Å²) >= 11 is 0. The molecule has 19 heavy (non-hydrogen) atoms. The molecule has 1 fully saturated rings. The van der Waals surface area contributed by atoms with E-state index in [-0.39, 0.29) is 5.91 Å². The Hall–Kier alpha value is -1.39. The first-order valence-corrected chi connectivity index (χ1v) is 7.07. The highest BCUT2D eigenvalue weighted by Gasteiger charge is 2.12. The fourth-order valence-corrected chi connectivity index (χ4v) is 2.31. The van der Waals surface area contributed by atoms with Crippen molar-refractivity contribution in [2.75, 3.05) is 18.4 Å². The molecule has 1 aliphatic heterocycles. The molecule has 0 aromatic heterocycles. The second-order valence-electron chi connectivity index (χ2n) is 5.18. The van der Waals surface area contributed by atoms with Gasteiger partial charge in [-0.15, -0.1) is 0 Å². The fourth-order valence-electron chi connectivity index (χ4n) is 2.31. The molecule has 0 saturated carbocycles. The molecular weight excluding hydrogens is 238 g/mol. The third-order valence-electron chi connectivity index (χ3n) is 3.60. The summed E-state index contributed by atoms with van der Waals surface area (Å²) in [5, 5.41) is 2.84. The van der Waals surface area contributed by atoms with Gasteiger partial charge in [-0.25, -0.2) is 0 Å². The molecule has 104 valence electrons. The number of amides is 1. The minimum Gasteiger partial charge on any atom is -0.325 e. The maximum absolute atomic E-state index is 11.7. The first kappa shape index (κ1) is 14.0. The average molecular weight is 261 g/mol. The van der Waals surface area contributed by atoms with Gasteiger partial charge in [-0.2, -0.15) is 0 Å². The number of nitrogens with two attached hydrogens (primary N) is 1. The van der Waals surface area contributed by atoms with Crippen LogP contribution in [-0.2, 0) is 11.3 Å². The summed E-state index contributed by atoms with van der Waals surface area (Å²) in [6.07, 6.45) is 3.27. The van der Waals surface area contributed by atoms with E-state index >= 15 is 0 Å². The van der Waals surface area contributed by atoms with Crippen molar-refractivity contribution >= 4 is 11.6 Å². The highest BCUT2D eigenvalue weighted by Crippen LogP contribution is 2.15. The summed E-state index contributed by atoms with van der Waals surface area (Å²) in [4.78, 5) is 14.1. The van der Waals surface area contributed by atoms with E-state index in [1.807, 2.05) is 19.1 Å². The SMILES string of the molecule is CC[C@@H](N)C(=O)Nc1ccc(CN2CCCC2)cc1. The molecule has 2 rings (SSSR count). The van der Waals surface area contributed by atoms with E-state index in [1.54, 1.807) is 0 Å². The van der Waals surface area contributed by atoms with Crippen molar-refractivity contribution in [2.24, 2.45) is 5.73 Å². The van der Waals surface area contributed by atoms with Crippen LogP contribution in [0.15, 0.2) is 24.3 Å². The molecule has 1 saturated heterocycles. The minimum absolute atomic E-state index is 0.116. The van der Waals surface area contributed by atoms with E-state index in [4.69, 9.17) is 5.73 Å². The second-order valence-corrected chi connectivity index (χ2v) is 5.18. The van der Waals surface area contributed by atoms with Gasteiger partial charge in [0.05, 0.1) is 6.04 Å². The van der Waals surface area contributed by atoms with Crippen molar-refractivity contribution in [2.45, 2.75) is 38.8 Å². The van der Waals surface area contributed by atoms with E-state index in [0.29, 0.717) is 6.42 Å². The molecule has 1 aromatic carbocycles. The summed E-state index contributed by atoms with van der Waals surface area (Å²) < 4.78 is 0. The normalized spacial score (nSPS) is 17.4. The van der Waals surface area contributed by atoms with Gasteiger partial charge in [0.25, 0.3) is 0 Å². The zero-order valence-corrected chi connectivity index (χ0v) is 11.6. The van der Waals surface area contributed by atoms with Crippen LogP contribution < -0.4 is 11.1 Å². The van der Waals surface area contributed by atoms with Gasteiger partial charge in [-0.3, -0.25) is 9.69 Å². The van der Waals surface area contributed by atoms with Crippen molar-refractivity contribution in [1.29, 1.82) is 0 Å². The average Bonchev–Trinajstić information content (AvgIpc) is 2.93. The molecule has 1 aliphatic rings. The van der Waals surface area contributed by atoms with Gasteiger partial charge in [0.15, 0.2) is 0 Å². The number of hydrogen-bond donors (Lipinski definition) is 2. The maximum Gasteiger partial charge on any atom is 0.241 e. The number of carbonyl (C=O) groups excluding carboxylic acids is 1. The first-order valence-electron chi connectivity index (χ1n) is 7.07. The Labute approximate surface area is 115 Å². The predicted octanol–water partition coefficient (Wildman–Crippen LogP) is 1.96. The van der Waals surface area contributed by atoms with Gasteiger partial charge in [0.1, 0.15) is 0 Å². The molecule has 0 spiro atoms. The van der Waals surface area contributed by atoms with Crippen LogP contribution in [-0.4, -0.2) is 29.9 Å². The van der Waals surface area contributed by atoms with Crippen LogP contribution in [0, 0.1) is 0 Å². The Morgan fingerprint density at radius 3 is 2.53 bits per heavy atom. The third kappa shape index (κ3) is 4.04. The summed E-state index contributed by atoms with van der Waals surface area (Å²) in [5.74, 6) is -0.116. The van der Waals surface area contributed by atoms with Gasteiger partial charge >= 0.3 is 0 Å². The molecule has 0 radical (unpaired) electrons. The Bertz CT molecular complexity index is 410. The fraction of sp³-hybridized carbons (Fsp3) is 0.533. The number of anilines is 1. The van der Waals surface area contributed by atoms with E-state index in [9.17, 15) is 4.79 Å². The molecule has 0 bridgehead atoms. The molecule has 0 aliphatic carbocycles. The quantitative estimate of drug-likeness (QED) is 0.852. The van der Waals surface area contributed by atoms with Crippen molar-refractivity contribution in [3.05, 3.63) is 29.8 Å². The van der Waals surface area contributed by atoms with Crippen LogP contribution in [0.1, 0.15) is 31.7 Å². The molecule has 0 unspecified atom stereocenters. The predicted molar refractivity (Wildman–Crippen MR) is 77.8 cm³/mol. The van der Waals surface area contributed by atoms with Crippen molar-refractivity contribution in [3.8, 4) is 0 Å². The Balaban J connectivity index is 1.88. The zero-order chi connectivity index (χ0) is 13.7. The van der Waals surface area contributed by atoms with Crippen LogP contribution in [0.3, 0.4) is 0 Å². The number of nitrogens with one attached hydrogen (secondary N) is 1. The smallest absolute Gasteiger partial charge is 0.241 e. The molecule has 1 heterocycles. The number of nitrogens with zero attached hydrogens (tertiary/aromatic N) is 1. The van der Waals surface area contributed by atoms with Crippen LogP contribution in [0.25, 0.3) is 0 Å². The molecule has 1 atom stereocenters. The summed E-state index contributed by atoms with van der Waals surface area (Å²) in [6, 6.07) is 7.62. The van der Waals surface area contributed by atoms with Crippen LogP contribution >= 0.6 is 0 Å². The standard InChI is InChI=1S/C15H23N3O/c1-2-14(16)15(19)17-13-7-5-12(6-8-13)11-18-9-3-4-10-18/h5-8,14H,2-4,9-11,16H2,1H3,(H,17,19)/t14-/m1/s1. The first-order chi connectivity index (χ1) is 9.19. The lowest BCUT2D eigenvalue weighted by atomic mass is 10.2. The number of likely N-dealkylation sites (tertiary alicyclic amines) is 1. The Kier molecular flexibility index (Phi) is 4.93. The highest BCUT2D eigenvalue weighted by atomic mass is 16.2. The lowest BCUT2D eigenvalue weighted by molar-refractivity contribution is -0.117. The van der Waals surface area contributed by atoms with Gasteiger partial charge in [-0.1, -0.05) is 19.1 Å².